The van der Waals surface area contributed by atoms with Crippen molar-refractivity contribution in [3.63, 3.8) is 0 Å². The van der Waals surface area contributed by atoms with Crippen LogP contribution in [0.3, 0.4) is 0 Å². The van der Waals surface area contributed by atoms with Gasteiger partial charge in [-0.3, -0.25) is 0 Å². The Kier molecular flexibility index (Phi) is 39.9. The van der Waals surface area contributed by atoms with Gasteiger partial charge in [-0.25, -0.2) is 4.39 Å². The van der Waals surface area contributed by atoms with Crippen molar-refractivity contribution in [1.82, 2.24) is 0 Å². The molecule has 3 aromatic rings. The SMILES string of the molecule is CC.CCC.CCC.CCC.CCCCCC.CCCCc1ccc(F)cc1.CCCc1cc(C2CC2)ccc1C(C)Cc1ccccc1. The highest BCUT2D eigenvalue weighted by Crippen LogP contribution is 2.41. The van der Waals surface area contributed by atoms with Crippen LogP contribution in [-0.4, -0.2) is 0 Å². The predicted molar refractivity (Wildman–Crippen MR) is 225 cm³/mol. The van der Waals surface area contributed by atoms with E-state index in [1.165, 1.54) is 107 Å². The average molecular weight is 679 g/mol. The summed E-state index contributed by atoms with van der Waals surface area (Å²) in [4.78, 5) is 0. The van der Waals surface area contributed by atoms with E-state index in [-0.39, 0.29) is 5.82 Å². The molecule has 4 rings (SSSR count). The standard InChI is InChI=1S/C21H26.C10H13F.C6H14.3C3H8.C2H6/c1-3-7-20-15-19(18-10-11-18)12-13-21(20)16(2)14-17-8-5-4-6-9-17;1-2-3-4-9-5-7-10(11)8-6-9;1-3-5-6-4-2;3*1-3-2;1-2/h4-6,8-9,12-13,15-16,18H,3,7,10-11,14H2,1-2H3;5-8H,2-4H2,1H3;3-6H2,1-2H3;3*3H2,1-2H3;1-2H3. The first kappa shape index (κ1) is 51.0. The molecule has 1 saturated carbocycles. The molecule has 0 radical (unpaired) electrons. The summed E-state index contributed by atoms with van der Waals surface area (Å²) in [6.07, 6.45) is 19.1. The molecule has 0 saturated heterocycles. The Hall–Kier alpha value is -2.41. The Morgan fingerprint density at radius 1 is 0.571 bits per heavy atom. The Morgan fingerprint density at radius 3 is 1.49 bits per heavy atom. The number of hydrogen-bond donors (Lipinski definition) is 0. The zero-order valence-electron chi connectivity index (χ0n) is 35.1. The minimum absolute atomic E-state index is 0.148. The molecule has 0 N–H and O–H groups in total. The van der Waals surface area contributed by atoms with Gasteiger partial charge in [0, 0.05) is 0 Å². The maximum absolute atomic E-state index is 12.4. The van der Waals surface area contributed by atoms with Gasteiger partial charge >= 0.3 is 0 Å². The van der Waals surface area contributed by atoms with Crippen LogP contribution in [0.4, 0.5) is 4.39 Å². The highest BCUT2D eigenvalue weighted by molar-refractivity contribution is 5.38. The molecular weight excluding hydrogens is 596 g/mol. The molecule has 1 unspecified atom stereocenters. The van der Waals surface area contributed by atoms with Gasteiger partial charge in [-0.05, 0) is 90.3 Å². The highest BCUT2D eigenvalue weighted by atomic mass is 19.1. The third kappa shape index (κ3) is 30.2. The lowest BCUT2D eigenvalue weighted by Gasteiger charge is -2.18. The van der Waals surface area contributed by atoms with Crippen molar-refractivity contribution >= 4 is 0 Å². The first-order valence-corrected chi connectivity index (χ1v) is 20.7. The number of benzene rings is 3. The summed E-state index contributed by atoms with van der Waals surface area (Å²) in [5.41, 5.74) is 7.40. The van der Waals surface area contributed by atoms with Gasteiger partial charge in [0.05, 0.1) is 0 Å². The Balaban J connectivity index is -0.000000634. The summed E-state index contributed by atoms with van der Waals surface area (Å²) < 4.78 is 12.4. The molecule has 1 aliphatic carbocycles. The molecule has 1 atom stereocenters. The second kappa shape index (κ2) is 38.4. The fourth-order valence-electron chi connectivity index (χ4n) is 4.87. The Morgan fingerprint density at radius 2 is 1.06 bits per heavy atom. The van der Waals surface area contributed by atoms with Gasteiger partial charge in [0.15, 0.2) is 0 Å². The van der Waals surface area contributed by atoms with E-state index in [4.69, 9.17) is 0 Å². The monoisotopic (exact) mass is 679 g/mol. The van der Waals surface area contributed by atoms with E-state index in [9.17, 15) is 4.39 Å². The molecule has 0 spiro atoms. The third-order valence-corrected chi connectivity index (χ3v) is 7.34. The lowest BCUT2D eigenvalue weighted by Crippen LogP contribution is -2.04. The summed E-state index contributed by atoms with van der Waals surface area (Å²) in [6.45, 7) is 28.0. The quantitative estimate of drug-likeness (QED) is 0.167. The molecule has 0 aromatic heterocycles. The highest BCUT2D eigenvalue weighted by Gasteiger charge is 2.24. The van der Waals surface area contributed by atoms with E-state index in [0.717, 1.165) is 18.8 Å². The molecule has 282 valence electrons. The predicted octanol–water partition coefficient (Wildman–Crippen LogP) is 16.9. The number of unbranched alkanes of at least 4 members (excludes halogenated alkanes) is 4. The van der Waals surface area contributed by atoms with Crippen molar-refractivity contribution in [2.75, 3.05) is 0 Å². The number of rotatable bonds is 12. The molecule has 0 amide bonds. The van der Waals surface area contributed by atoms with Crippen LogP contribution < -0.4 is 0 Å². The smallest absolute Gasteiger partial charge is 0.123 e. The van der Waals surface area contributed by atoms with E-state index in [1.807, 2.05) is 26.0 Å². The van der Waals surface area contributed by atoms with Crippen LogP contribution in [0.2, 0.25) is 0 Å². The lowest BCUT2D eigenvalue weighted by atomic mass is 9.87. The molecule has 1 aliphatic rings. The van der Waals surface area contributed by atoms with Crippen LogP contribution in [0.5, 0.6) is 0 Å². The van der Waals surface area contributed by atoms with Gasteiger partial charge < -0.3 is 0 Å². The fourth-order valence-corrected chi connectivity index (χ4v) is 4.87. The molecule has 0 heterocycles. The van der Waals surface area contributed by atoms with Gasteiger partial charge in [-0.2, -0.15) is 0 Å². The Bertz CT molecular complexity index is 1020. The molecule has 1 fully saturated rings. The minimum Gasteiger partial charge on any atom is -0.207 e. The summed E-state index contributed by atoms with van der Waals surface area (Å²) in [5.74, 6) is 1.31. The zero-order chi connectivity index (χ0) is 37.7. The second-order valence-corrected chi connectivity index (χ2v) is 13.1. The van der Waals surface area contributed by atoms with Crippen LogP contribution in [0.25, 0.3) is 0 Å². The topological polar surface area (TPSA) is 0 Å². The van der Waals surface area contributed by atoms with Gasteiger partial charge in [0.2, 0.25) is 0 Å². The van der Waals surface area contributed by atoms with E-state index in [1.54, 1.807) is 16.7 Å². The maximum atomic E-state index is 12.4. The normalized spacial score (nSPS) is 11.4. The first-order valence-electron chi connectivity index (χ1n) is 20.7. The molecule has 0 aliphatic heterocycles. The van der Waals surface area contributed by atoms with Crippen molar-refractivity contribution < 1.29 is 4.39 Å². The number of aryl methyl sites for hydroxylation is 2. The maximum Gasteiger partial charge on any atom is 0.123 e. The van der Waals surface area contributed by atoms with E-state index in [0.29, 0.717) is 5.92 Å². The minimum atomic E-state index is -0.148. The van der Waals surface area contributed by atoms with Gasteiger partial charge in [0.25, 0.3) is 0 Å². The van der Waals surface area contributed by atoms with Crippen LogP contribution in [0.1, 0.15) is 207 Å². The van der Waals surface area contributed by atoms with Crippen LogP contribution in [0.15, 0.2) is 72.8 Å². The summed E-state index contributed by atoms with van der Waals surface area (Å²) in [7, 11) is 0. The number of halogens is 1. The second-order valence-electron chi connectivity index (χ2n) is 13.1. The van der Waals surface area contributed by atoms with E-state index >= 15 is 0 Å². The third-order valence-electron chi connectivity index (χ3n) is 7.34. The molecule has 3 aromatic carbocycles. The van der Waals surface area contributed by atoms with Gasteiger partial charge in [0.1, 0.15) is 5.82 Å². The van der Waals surface area contributed by atoms with Crippen molar-refractivity contribution in [3.8, 4) is 0 Å². The molecule has 0 nitrogen and oxygen atoms in total. The summed E-state index contributed by atoms with van der Waals surface area (Å²) in [5, 5.41) is 0. The first-order chi connectivity index (χ1) is 23.8. The molecular formula is C48H83F. The molecule has 0 bridgehead atoms. The summed E-state index contributed by atoms with van der Waals surface area (Å²) >= 11 is 0. The largest absolute Gasteiger partial charge is 0.207 e. The molecule has 49 heavy (non-hydrogen) atoms. The zero-order valence-corrected chi connectivity index (χ0v) is 35.1. The van der Waals surface area contributed by atoms with Crippen LogP contribution >= 0.6 is 0 Å². The van der Waals surface area contributed by atoms with E-state index < -0.39 is 0 Å². The summed E-state index contributed by atoms with van der Waals surface area (Å²) in [6, 6.07) is 24.9. The van der Waals surface area contributed by atoms with Crippen molar-refractivity contribution in [1.29, 1.82) is 0 Å². The Labute approximate surface area is 308 Å². The fraction of sp³-hybridized carbons (Fsp3) is 0.625. The van der Waals surface area contributed by atoms with Gasteiger partial charge in [-0.1, -0.05) is 208 Å². The van der Waals surface area contributed by atoms with Crippen LogP contribution in [-0.2, 0) is 19.3 Å². The van der Waals surface area contributed by atoms with E-state index in [2.05, 4.69) is 125 Å². The van der Waals surface area contributed by atoms with Crippen LogP contribution in [0, 0.1) is 5.82 Å². The van der Waals surface area contributed by atoms with Gasteiger partial charge in [-0.15, -0.1) is 0 Å². The van der Waals surface area contributed by atoms with Crippen molar-refractivity contribution in [2.24, 2.45) is 0 Å². The van der Waals surface area contributed by atoms with Crippen molar-refractivity contribution in [3.05, 3.63) is 106 Å². The number of hydrogen-bond acceptors (Lipinski definition) is 0. The molecule has 1 heteroatoms. The lowest BCUT2D eigenvalue weighted by molar-refractivity contribution is 0.626. The average Bonchev–Trinajstić information content (AvgIpc) is 3.96. The van der Waals surface area contributed by atoms with Crippen molar-refractivity contribution in [2.45, 2.75) is 198 Å².